The van der Waals surface area contributed by atoms with Gasteiger partial charge in [0.15, 0.2) is 0 Å². The van der Waals surface area contributed by atoms with E-state index < -0.39 is 0 Å². The molecule has 0 atom stereocenters. The average Bonchev–Trinajstić information content (AvgIpc) is 2.90. The molecule has 0 bridgehead atoms. The molecule has 0 aliphatic carbocycles. The number of methoxy groups -OCH3 is 1. The van der Waals surface area contributed by atoms with Crippen LogP contribution in [0.1, 0.15) is 0 Å². The molecule has 0 aliphatic rings. The third kappa shape index (κ3) is 2.18. The monoisotopic (exact) mass is 267 g/mol. The Hall–Kier alpha value is -2.89. The minimum absolute atomic E-state index is 0.557. The normalized spacial score (nSPS) is 10.4. The molecule has 1 aromatic carbocycles. The molecule has 0 saturated carbocycles. The van der Waals surface area contributed by atoms with Crippen molar-refractivity contribution in [3.05, 3.63) is 49.1 Å². The zero-order valence-electron chi connectivity index (χ0n) is 10.9. The Balaban J connectivity index is 2.00. The smallest absolute Gasteiger partial charge is 0.136 e. The van der Waals surface area contributed by atoms with Gasteiger partial charge in [0.2, 0.25) is 0 Å². The first-order chi connectivity index (χ1) is 9.78. The van der Waals surface area contributed by atoms with Crippen molar-refractivity contribution in [3.63, 3.8) is 0 Å². The van der Waals surface area contributed by atoms with E-state index in [2.05, 4.69) is 15.1 Å². The largest absolute Gasteiger partial charge is 0.497 e. The molecule has 2 heterocycles. The number of benzene rings is 1. The van der Waals surface area contributed by atoms with Crippen molar-refractivity contribution in [2.24, 2.45) is 0 Å². The topological polar surface area (TPSA) is 78.9 Å². The van der Waals surface area contributed by atoms with Crippen molar-refractivity contribution in [2.45, 2.75) is 0 Å². The van der Waals surface area contributed by atoms with Crippen LogP contribution >= 0.6 is 0 Å². The van der Waals surface area contributed by atoms with Crippen LogP contribution in [0.3, 0.4) is 0 Å². The third-order valence-electron chi connectivity index (χ3n) is 2.89. The molecule has 6 nitrogen and oxygen atoms in total. The predicted molar refractivity (Wildman–Crippen MR) is 75.6 cm³/mol. The van der Waals surface area contributed by atoms with Gasteiger partial charge in [-0.25, -0.2) is 4.68 Å². The number of nitrogens with zero attached hydrogens (tertiary/aromatic N) is 4. The molecule has 0 radical (unpaired) electrons. The highest BCUT2D eigenvalue weighted by atomic mass is 16.5. The van der Waals surface area contributed by atoms with E-state index in [0.717, 1.165) is 11.4 Å². The Bertz CT molecular complexity index is 706. The maximum Gasteiger partial charge on any atom is 0.136 e. The second-order valence-electron chi connectivity index (χ2n) is 4.17. The summed E-state index contributed by atoms with van der Waals surface area (Å²) in [6.07, 6.45) is 6.62. The molecule has 0 unspecified atom stereocenters. The molecule has 0 fully saturated rings. The number of rotatable bonds is 3. The Morgan fingerprint density at radius 3 is 2.60 bits per heavy atom. The van der Waals surface area contributed by atoms with Gasteiger partial charge in [-0.3, -0.25) is 9.97 Å². The fraction of sp³-hybridized carbons (Fsp3) is 0.0714. The van der Waals surface area contributed by atoms with Gasteiger partial charge in [0.25, 0.3) is 0 Å². The lowest BCUT2D eigenvalue weighted by Crippen LogP contribution is -1.95. The highest BCUT2D eigenvalue weighted by Crippen LogP contribution is 2.23. The van der Waals surface area contributed by atoms with E-state index in [-0.39, 0.29) is 0 Å². The molecule has 3 rings (SSSR count). The number of nitrogens with two attached hydrogens (primary N) is 1. The van der Waals surface area contributed by atoms with Crippen molar-refractivity contribution >= 4 is 5.69 Å². The summed E-state index contributed by atoms with van der Waals surface area (Å²) in [5.74, 6) is 0.794. The van der Waals surface area contributed by atoms with E-state index >= 15 is 0 Å². The summed E-state index contributed by atoms with van der Waals surface area (Å²) >= 11 is 0. The number of aromatic nitrogens is 4. The summed E-state index contributed by atoms with van der Waals surface area (Å²) in [7, 11) is 1.63. The lowest BCUT2D eigenvalue weighted by atomic mass is 10.3. The van der Waals surface area contributed by atoms with Gasteiger partial charge >= 0.3 is 0 Å². The summed E-state index contributed by atoms with van der Waals surface area (Å²) in [5.41, 5.74) is 8.71. The Morgan fingerprint density at radius 1 is 1.15 bits per heavy atom. The van der Waals surface area contributed by atoms with Gasteiger partial charge < -0.3 is 10.5 Å². The fourth-order valence-corrected chi connectivity index (χ4v) is 1.87. The van der Waals surface area contributed by atoms with Crippen LogP contribution in [0.4, 0.5) is 5.69 Å². The van der Waals surface area contributed by atoms with Crippen LogP contribution in [0.15, 0.2) is 49.1 Å². The molecule has 2 aromatic heterocycles. The van der Waals surface area contributed by atoms with Crippen molar-refractivity contribution in [1.82, 2.24) is 19.7 Å². The Morgan fingerprint density at radius 2 is 1.95 bits per heavy atom. The van der Waals surface area contributed by atoms with E-state index in [9.17, 15) is 0 Å². The van der Waals surface area contributed by atoms with Crippen LogP contribution < -0.4 is 10.5 Å². The van der Waals surface area contributed by atoms with Crippen LogP contribution in [0, 0.1) is 0 Å². The maximum atomic E-state index is 5.99. The van der Waals surface area contributed by atoms with Crippen LogP contribution in [-0.2, 0) is 0 Å². The number of anilines is 1. The van der Waals surface area contributed by atoms with Gasteiger partial charge in [0.1, 0.15) is 17.1 Å². The zero-order chi connectivity index (χ0) is 13.9. The first-order valence-electron chi connectivity index (χ1n) is 6.04. The summed E-state index contributed by atoms with van der Waals surface area (Å²) in [6, 6.07) is 7.56. The van der Waals surface area contributed by atoms with Crippen molar-refractivity contribution in [2.75, 3.05) is 12.8 Å². The van der Waals surface area contributed by atoms with Crippen LogP contribution in [0.25, 0.3) is 17.1 Å². The average molecular weight is 267 g/mol. The third-order valence-corrected chi connectivity index (χ3v) is 2.89. The molecule has 20 heavy (non-hydrogen) atoms. The number of nitrogen functional groups attached to an aromatic ring is 1. The molecule has 0 aliphatic heterocycles. The quantitative estimate of drug-likeness (QED) is 0.784. The van der Waals surface area contributed by atoms with Crippen molar-refractivity contribution in [1.29, 1.82) is 0 Å². The maximum absolute atomic E-state index is 5.99. The first kappa shape index (κ1) is 12.2. The molecular formula is C14H13N5O. The lowest BCUT2D eigenvalue weighted by molar-refractivity contribution is 0.414. The minimum atomic E-state index is 0.557. The van der Waals surface area contributed by atoms with Gasteiger partial charge in [0.05, 0.1) is 30.9 Å². The second-order valence-corrected chi connectivity index (χ2v) is 4.17. The van der Waals surface area contributed by atoms with Gasteiger partial charge in [-0.2, -0.15) is 5.10 Å². The first-order valence-corrected chi connectivity index (χ1v) is 6.04. The van der Waals surface area contributed by atoms with E-state index in [0.29, 0.717) is 17.1 Å². The molecule has 3 aromatic rings. The number of hydrogen-bond acceptors (Lipinski definition) is 5. The van der Waals surface area contributed by atoms with Crippen molar-refractivity contribution < 1.29 is 4.74 Å². The molecular weight excluding hydrogens is 254 g/mol. The minimum Gasteiger partial charge on any atom is -0.497 e. The fourth-order valence-electron chi connectivity index (χ4n) is 1.87. The van der Waals surface area contributed by atoms with Gasteiger partial charge in [-0.15, -0.1) is 0 Å². The van der Waals surface area contributed by atoms with Crippen molar-refractivity contribution in [3.8, 4) is 22.8 Å². The molecule has 0 saturated heterocycles. The Kier molecular flexibility index (Phi) is 3.04. The summed E-state index contributed by atoms with van der Waals surface area (Å²) in [6.45, 7) is 0. The predicted octanol–water partition coefficient (Wildman–Crippen LogP) is 1.92. The van der Waals surface area contributed by atoms with Gasteiger partial charge in [0, 0.05) is 12.4 Å². The van der Waals surface area contributed by atoms with Crippen LogP contribution in [0.2, 0.25) is 0 Å². The highest BCUT2D eigenvalue weighted by Gasteiger charge is 2.10. The van der Waals surface area contributed by atoms with E-state index in [1.165, 1.54) is 0 Å². The summed E-state index contributed by atoms with van der Waals surface area (Å²) in [5, 5.41) is 4.45. The zero-order valence-corrected chi connectivity index (χ0v) is 10.9. The van der Waals surface area contributed by atoms with Gasteiger partial charge in [-0.05, 0) is 24.3 Å². The number of ether oxygens (including phenoxy) is 1. The van der Waals surface area contributed by atoms with E-state index in [1.54, 1.807) is 36.6 Å². The molecule has 0 amide bonds. The molecule has 100 valence electrons. The molecule has 2 N–H and O–H groups in total. The SMILES string of the molecule is COc1ccc(-n2cc(N)c(-c3cnccn3)n2)cc1. The van der Waals surface area contributed by atoms with Crippen LogP contribution in [-0.4, -0.2) is 26.9 Å². The summed E-state index contributed by atoms with van der Waals surface area (Å²) in [4.78, 5) is 8.23. The molecule has 0 spiro atoms. The second kappa shape index (κ2) is 5.00. The highest BCUT2D eigenvalue weighted by molar-refractivity contribution is 5.68. The number of hydrogen-bond donors (Lipinski definition) is 1. The standard InChI is InChI=1S/C14H13N5O/c1-20-11-4-2-10(3-5-11)19-9-12(15)14(18-19)13-8-16-6-7-17-13/h2-9H,15H2,1H3. The van der Waals surface area contributed by atoms with E-state index in [1.807, 2.05) is 24.3 Å². The van der Waals surface area contributed by atoms with E-state index in [4.69, 9.17) is 10.5 Å². The lowest BCUT2D eigenvalue weighted by Gasteiger charge is -2.03. The van der Waals surface area contributed by atoms with Crippen LogP contribution in [0.5, 0.6) is 5.75 Å². The Labute approximate surface area is 115 Å². The van der Waals surface area contributed by atoms with Gasteiger partial charge in [-0.1, -0.05) is 0 Å². The molecule has 6 heteroatoms. The summed E-state index contributed by atoms with van der Waals surface area (Å²) < 4.78 is 6.84.